The molecule has 1 rings (SSSR count). The van der Waals surface area contributed by atoms with E-state index in [1.165, 1.54) is 6.08 Å². The molecule has 0 aliphatic rings. The first kappa shape index (κ1) is 9.32. The highest BCUT2D eigenvalue weighted by atomic mass is 16.1. The molecule has 1 aromatic carbocycles. The number of carbonyl (C=O) groups is 1. The highest BCUT2D eigenvalue weighted by Gasteiger charge is 1.95. The fourth-order valence-corrected chi connectivity index (χ4v) is 1.07. The topological polar surface area (TPSA) is 69.1 Å². The molecule has 3 nitrogen and oxygen atoms in total. The van der Waals surface area contributed by atoms with Crippen molar-refractivity contribution in [2.24, 2.45) is 11.5 Å². The Bertz CT molecular complexity index is 317. The smallest absolute Gasteiger partial charge is 0.243 e. The Hall–Kier alpha value is -1.77. The molecule has 0 aliphatic carbocycles. The largest absolute Gasteiger partial charge is 0.402 e. The maximum atomic E-state index is 10.5. The molecule has 0 heterocycles. The Morgan fingerprint density at radius 3 is 2.38 bits per heavy atom. The molecule has 0 aromatic heterocycles. The van der Waals surface area contributed by atoms with Gasteiger partial charge in [-0.1, -0.05) is 30.3 Å². The first-order valence-electron chi connectivity index (χ1n) is 3.98. The van der Waals surface area contributed by atoms with Crippen LogP contribution < -0.4 is 11.5 Å². The van der Waals surface area contributed by atoms with Gasteiger partial charge in [-0.3, -0.25) is 4.79 Å². The molecule has 0 aliphatic heterocycles. The number of nitrogens with two attached hydrogens (primary N) is 2. The average Bonchev–Trinajstić information content (AvgIpc) is 2.04. The van der Waals surface area contributed by atoms with Crippen molar-refractivity contribution >= 4 is 5.91 Å². The third-order valence-electron chi connectivity index (χ3n) is 1.58. The van der Waals surface area contributed by atoms with Crippen molar-refractivity contribution in [1.29, 1.82) is 0 Å². The average molecular weight is 176 g/mol. The summed E-state index contributed by atoms with van der Waals surface area (Å²) in [7, 11) is 0. The maximum Gasteiger partial charge on any atom is 0.243 e. The Labute approximate surface area is 77.0 Å². The van der Waals surface area contributed by atoms with Crippen LogP contribution in [0.2, 0.25) is 0 Å². The predicted octanol–water partition coefficient (Wildman–Crippen LogP) is 0.557. The molecule has 0 saturated heterocycles. The quantitative estimate of drug-likeness (QED) is 0.660. The van der Waals surface area contributed by atoms with E-state index < -0.39 is 5.91 Å². The molecule has 0 bridgehead atoms. The lowest BCUT2D eigenvalue weighted by molar-refractivity contribution is -0.113. The molecular weight excluding hydrogens is 164 g/mol. The predicted molar refractivity (Wildman–Crippen MR) is 51.6 cm³/mol. The second kappa shape index (κ2) is 4.30. The van der Waals surface area contributed by atoms with E-state index in [-0.39, 0.29) is 0 Å². The van der Waals surface area contributed by atoms with Gasteiger partial charge in [-0.25, -0.2) is 0 Å². The number of carbonyl (C=O) groups excluding carboxylic acids is 1. The van der Waals surface area contributed by atoms with Gasteiger partial charge in [-0.15, -0.1) is 0 Å². The van der Waals surface area contributed by atoms with E-state index >= 15 is 0 Å². The zero-order valence-corrected chi connectivity index (χ0v) is 7.23. The standard InChI is InChI=1S/C10H12N2O/c11-9(7-10(12)13)6-8-4-2-1-3-5-8/h1-5,7H,6,11H2,(H2,12,13)/b9-7+. The van der Waals surface area contributed by atoms with Crippen LogP contribution in [-0.2, 0) is 11.2 Å². The normalized spacial score (nSPS) is 11.2. The summed E-state index contributed by atoms with van der Waals surface area (Å²) in [4.78, 5) is 10.5. The monoisotopic (exact) mass is 176 g/mol. The van der Waals surface area contributed by atoms with Crippen LogP contribution in [0, 0.1) is 0 Å². The first-order chi connectivity index (χ1) is 6.18. The Morgan fingerprint density at radius 1 is 1.23 bits per heavy atom. The fraction of sp³-hybridized carbons (Fsp3) is 0.100. The molecule has 0 fully saturated rings. The number of hydrogen-bond donors (Lipinski definition) is 2. The van der Waals surface area contributed by atoms with E-state index in [4.69, 9.17) is 11.5 Å². The Morgan fingerprint density at radius 2 is 1.85 bits per heavy atom. The van der Waals surface area contributed by atoms with Crippen molar-refractivity contribution in [3.8, 4) is 0 Å². The molecule has 0 unspecified atom stereocenters. The van der Waals surface area contributed by atoms with Crippen LogP contribution in [-0.4, -0.2) is 5.91 Å². The molecule has 68 valence electrons. The molecule has 1 amide bonds. The summed E-state index contributed by atoms with van der Waals surface area (Å²) in [6, 6.07) is 9.67. The minimum absolute atomic E-state index is 0.485. The van der Waals surface area contributed by atoms with Crippen LogP contribution in [0.4, 0.5) is 0 Å². The minimum atomic E-state index is -0.506. The van der Waals surface area contributed by atoms with Gasteiger partial charge in [0, 0.05) is 18.2 Å². The molecule has 3 heteroatoms. The summed E-state index contributed by atoms with van der Waals surface area (Å²) < 4.78 is 0. The van der Waals surface area contributed by atoms with E-state index in [9.17, 15) is 4.79 Å². The van der Waals surface area contributed by atoms with Crippen LogP contribution in [0.5, 0.6) is 0 Å². The number of primary amides is 1. The highest BCUT2D eigenvalue weighted by molar-refractivity contribution is 5.86. The lowest BCUT2D eigenvalue weighted by atomic mass is 10.1. The second-order valence-corrected chi connectivity index (χ2v) is 2.78. The van der Waals surface area contributed by atoms with Gasteiger partial charge in [0.05, 0.1) is 0 Å². The van der Waals surface area contributed by atoms with Crippen LogP contribution in [0.15, 0.2) is 42.1 Å². The third kappa shape index (κ3) is 3.42. The molecule has 4 N–H and O–H groups in total. The van der Waals surface area contributed by atoms with Gasteiger partial charge in [0.25, 0.3) is 0 Å². The van der Waals surface area contributed by atoms with Crippen molar-refractivity contribution in [1.82, 2.24) is 0 Å². The molecule has 0 radical (unpaired) electrons. The lowest BCUT2D eigenvalue weighted by Crippen LogP contribution is -2.11. The summed E-state index contributed by atoms with van der Waals surface area (Å²) in [5.74, 6) is -0.506. The number of rotatable bonds is 3. The van der Waals surface area contributed by atoms with Crippen LogP contribution >= 0.6 is 0 Å². The molecule has 0 spiro atoms. The summed E-state index contributed by atoms with van der Waals surface area (Å²) in [5.41, 5.74) is 12.1. The molecule has 13 heavy (non-hydrogen) atoms. The van der Waals surface area contributed by atoms with Crippen molar-refractivity contribution < 1.29 is 4.79 Å². The fourth-order valence-electron chi connectivity index (χ4n) is 1.07. The number of benzene rings is 1. The van der Waals surface area contributed by atoms with E-state index in [1.807, 2.05) is 30.3 Å². The van der Waals surface area contributed by atoms with Crippen molar-refractivity contribution in [2.75, 3.05) is 0 Å². The second-order valence-electron chi connectivity index (χ2n) is 2.78. The maximum absolute atomic E-state index is 10.5. The number of allylic oxidation sites excluding steroid dienone is 1. The van der Waals surface area contributed by atoms with Crippen LogP contribution in [0.25, 0.3) is 0 Å². The summed E-state index contributed by atoms with van der Waals surface area (Å²) in [6.07, 6.45) is 1.80. The van der Waals surface area contributed by atoms with Gasteiger partial charge in [0.15, 0.2) is 0 Å². The summed E-state index contributed by atoms with van der Waals surface area (Å²) >= 11 is 0. The zero-order valence-electron chi connectivity index (χ0n) is 7.23. The van der Waals surface area contributed by atoms with Crippen molar-refractivity contribution in [3.63, 3.8) is 0 Å². The summed E-state index contributed by atoms with van der Waals surface area (Å²) in [6.45, 7) is 0. The van der Waals surface area contributed by atoms with E-state index in [0.29, 0.717) is 12.1 Å². The zero-order chi connectivity index (χ0) is 9.68. The first-order valence-corrected chi connectivity index (χ1v) is 3.98. The van der Waals surface area contributed by atoms with Crippen molar-refractivity contribution in [3.05, 3.63) is 47.7 Å². The molecular formula is C10H12N2O. The molecule has 0 saturated carbocycles. The summed E-state index contributed by atoms with van der Waals surface area (Å²) in [5, 5.41) is 0. The van der Waals surface area contributed by atoms with Crippen LogP contribution in [0.1, 0.15) is 5.56 Å². The molecule has 1 aromatic rings. The van der Waals surface area contributed by atoms with E-state index in [1.54, 1.807) is 0 Å². The van der Waals surface area contributed by atoms with Gasteiger partial charge in [-0.2, -0.15) is 0 Å². The number of amides is 1. The van der Waals surface area contributed by atoms with Gasteiger partial charge in [-0.05, 0) is 5.56 Å². The van der Waals surface area contributed by atoms with E-state index in [2.05, 4.69) is 0 Å². The highest BCUT2D eigenvalue weighted by Crippen LogP contribution is 2.02. The van der Waals surface area contributed by atoms with Crippen molar-refractivity contribution in [2.45, 2.75) is 6.42 Å². The van der Waals surface area contributed by atoms with Gasteiger partial charge < -0.3 is 11.5 Å². The Kier molecular flexibility index (Phi) is 3.09. The van der Waals surface area contributed by atoms with Crippen LogP contribution in [0.3, 0.4) is 0 Å². The Balaban J connectivity index is 2.65. The number of hydrogen-bond acceptors (Lipinski definition) is 2. The lowest BCUT2D eigenvalue weighted by Gasteiger charge is -1.99. The van der Waals surface area contributed by atoms with Gasteiger partial charge in [0.1, 0.15) is 0 Å². The molecule has 0 atom stereocenters. The third-order valence-corrected chi connectivity index (χ3v) is 1.58. The minimum Gasteiger partial charge on any atom is -0.402 e. The van der Waals surface area contributed by atoms with E-state index in [0.717, 1.165) is 5.56 Å². The van der Waals surface area contributed by atoms with Gasteiger partial charge >= 0.3 is 0 Å². The SMILES string of the molecule is NC(=O)/C=C(/N)Cc1ccccc1. The van der Waals surface area contributed by atoms with Gasteiger partial charge in [0.2, 0.25) is 5.91 Å².